The van der Waals surface area contributed by atoms with Crippen molar-refractivity contribution in [2.24, 2.45) is 5.92 Å². The summed E-state index contributed by atoms with van der Waals surface area (Å²) in [6.07, 6.45) is 0.865. The summed E-state index contributed by atoms with van der Waals surface area (Å²) < 4.78 is 0. The first-order valence-electron chi connectivity index (χ1n) is 7.20. The number of carbonyl (C=O) groups is 1. The van der Waals surface area contributed by atoms with Crippen LogP contribution in [0, 0.1) is 5.92 Å². The van der Waals surface area contributed by atoms with Gasteiger partial charge in [-0.05, 0) is 18.6 Å². The molecular formula is C16H19N3O2. The van der Waals surface area contributed by atoms with Crippen LogP contribution in [0.5, 0.6) is 0 Å². The third-order valence-corrected chi connectivity index (χ3v) is 4.03. The van der Waals surface area contributed by atoms with Gasteiger partial charge in [0.05, 0.1) is 11.1 Å². The highest BCUT2D eigenvalue weighted by Gasteiger charge is 2.27. The summed E-state index contributed by atoms with van der Waals surface area (Å²) in [5, 5.41) is 13.1. The standard InChI is InChI=1S/C16H19N3O2/c1-17-15-8-13(12-4-2-3-5-14(12)18-15)16(21)19-7-6-11(9-19)10-20/h2-5,8,11,20H,6-7,9-10H2,1H3,(H,17,18). The fourth-order valence-electron chi connectivity index (χ4n) is 2.82. The summed E-state index contributed by atoms with van der Waals surface area (Å²) in [4.78, 5) is 19.1. The van der Waals surface area contributed by atoms with Crippen molar-refractivity contribution in [3.8, 4) is 0 Å². The molecule has 5 nitrogen and oxygen atoms in total. The van der Waals surface area contributed by atoms with Gasteiger partial charge in [0.15, 0.2) is 0 Å². The minimum Gasteiger partial charge on any atom is -0.396 e. The summed E-state index contributed by atoms with van der Waals surface area (Å²) in [6.45, 7) is 1.47. The molecule has 1 atom stereocenters. The van der Waals surface area contributed by atoms with Crippen LogP contribution in [-0.2, 0) is 0 Å². The van der Waals surface area contributed by atoms with Crippen LogP contribution < -0.4 is 5.32 Å². The van der Waals surface area contributed by atoms with Gasteiger partial charge in [0.25, 0.3) is 5.91 Å². The average molecular weight is 285 g/mol. The molecule has 5 heteroatoms. The van der Waals surface area contributed by atoms with E-state index in [2.05, 4.69) is 10.3 Å². The van der Waals surface area contributed by atoms with E-state index >= 15 is 0 Å². The van der Waals surface area contributed by atoms with Gasteiger partial charge >= 0.3 is 0 Å². The third kappa shape index (κ3) is 2.56. The molecule has 2 aromatic rings. The topological polar surface area (TPSA) is 65.5 Å². The smallest absolute Gasteiger partial charge is 0.254 e. The van der Waals surface area contributed by atoms with Gasteiger partial charge in [0, 0.05) is 38.0 Å². The van der Waals surface area contributed by atoms with Gasteiger partial charge in [0.2, 0.25) is 0 Å². The molecule has 0 spiro atoms. The molecule has 0 bridgehead atoms. The van der Waals surface area contributed by atoms with E-state index in [9.17, 15) is 9.90 Å². The van der Waals surface area contributed by atoms with E-state index in [4.69, 9.17) is 0 Å². The van der Waals surface area contributed by atoms with Crippen LogP contribution in [0.3, 0.4) is 0 Å². The molecule has 3 rings (SSSR count). The Kier molecular flexibility index (Phi) is 3.75. The molecule has 0 radical (unpaired) electrons. The number of aliphatic hydroxyl groups is 1. The number of benzene rings is 1. The molecule has 1 aliphatic heterocycles. The average Bonchev–Trinajstić information content (AvgIpc) is 3.02. The lowest BCUT2D eigenvalue weighted by molar-refractivity contribution is 0.0784. The molecule has 2 heterocycles. The maximum Gasteiger partial charge on any atom is 0.254 e. The minimum absolute atomic E-state index is 0.0149. The van der Waals surface area contributed by atoms with E-state index < -0.39 is 0 Å². The van der Waals surface area contributed by atoms with Gasteiger partial charge in [0.1, 0.15) is 5.82 Å². The fourth-order valence-corrected chi connectivity index (χ4v) is 2.82. The summed E-state index contributed by atoms with van der Waals surface area (Å²) in [5.74, 6) is 0.904. The van der Waals surface area contributed by atoms with Crippen molar-refractivity contribution in [2.45, 2.75) is 6.42 Å². The molecule has 110 valence electrons. The quantitative estimate of drug-likeness (QED) is 0.901. The zero-order chi connectivity index (χ0) is 14.8. The normalized spacial score (nSPS) is 18.2. The molecule has 2 N–H and O–H groups in total. The zero-order valence-corrected chi connectivity index (χ0v) is 12.0. The second-order valence-corrected chi connectivity index (χ2v) is 5.41. The molecule has 1 amide bonds. The van der Waals surface area contributed by atoms with Crippen molar-refractivity contribution in [1.29, 1.82) is 0 Å². The lowest BCUT2D eigenvalue weighted by Gasteiger charge is -2.18. The number of anilines is 1. The van der Waals surface area contributed by atoms with Crippen LogP contribution in [0.4, 0.5) is 5.82 Å². The number of aliphatic hydroxyl groups excluding tert-OH is 1. The molecule has 1 aromatic heterocycles. The fraction of sp³-hybridized carbons (Fsp3) is 0.375. The Morgan fingerprint density at radius 3 is 3.00 bits per heavy atom. The molecule has 1 aromatic carbocycles. The molecule has 21 heavy (non-hydrogen) atoms. The van der Waals surface area contributed by atoms with Crippen molar-refractivity contribution in [3.63, 3.8) is 0 Å². The molecule has 0 aliphatic carbocycles. The zero-order valence-electron chi connectivity index (χ0n) is 12.0. The Morgan fingerprint density at radius 2 is 2.29 bits per heavy atom. The predicted molar refractivity (Wildman–Crippen MR) is 82.4 cm³/mol. The van der Waals surface area contributed by atoms with Gasteiger partial charge < -0.3 is 15.3 Å². The number of amides is 1. The van der Waals surface area contributed by atoms with E-state index in [0.717, 1.165) is 17.3 Å². The van der Waals surface area contributed by atoms with Gasteiger partial charge in [-0.25, -0.2) is 4.98 Å². The molecule has 1 unspecified atom stereocenters. The number of pyridine rings is 1. The molecule has 0 saturated carbocycles. The lowest BCUT2D eigenvalue weighted by atomic mass is 10.1. The van der Waals surface area contributed by atoms with Crippen LogP contribution in [0.15, 0.2) is 30.3 Å². The van der Waals surface area contributed by atoms with Crippen LogP contribution in [0.2, 0.25) is 0 Å². The van der Waals surface area contributed by atoms with E-state index in [-0.39, 0.29) is 18.4 Å². The Bertz CT molecular complexity index is 672. The monoisotopic (exact) mass is 285 g/mol. The van der Waals surface area contributed by atoms with Gasteiger partial charge in [-0.1, -0.05) is 18.2 Å². The van der Waals surface area contributed by atoms with E-state index in [0.29, 0.717) is 24.5 Å². The second-order valence-electron chi connectivity index (χ2n) is 5.41. The number of hydrogen-bond acceptors (Lipinski definition) is 4. The molecule has 1 aliphatic rings. The number of likely N-dealkylation sites (tertiary alicyclic amines) is 1. The SMILES string of the molecule is CNc1cc(C(=O)N2CCC(CO)C2)c2ccccc2n1. The summed E-state index contributed by atoms with van der Waals surface area (Å²) in [5.41, 5.74) is 1.48. The lowest BCUT2D eigenvalue weighted by Crippen LogP contribution is -2.29. The van der Waals surface area contributed by atoms with Crippen molar-refractivity contribution in [2.75, 3.05) is 32.1 Å². The largest absolute Gasteiger partial charge is 0.396 e. The van der Waals surface area contributed by atoms with E-state index in [1.807, 2.05) is 29.2 Å². The number of aromatic nitrogens is 1. The number of carbonyl (C=O) groups excluding carboxylic acids is 1. The Morgan fingerprint density at radius 1 is 1.48 bits per heavy atom. The number of nitrogens with zero attached hydrogens (tertiary/aromatic N) is 2. The molecule has 1 fully saturated rings. The minimum atomic E-state index is 0.0149. The Hall–Kier alpha value is -2.14. The number of para-hydroxylation sites is 1. The number of nitrogens with one attached hydrogen (secondary N) is 1. The first-order chi connectivity index (χ1) is 10.2. The maximum atomic E-state index is 12.8. The van der Waals surface area contributed by atoms with Crippen LogP contribution >= 0.6 is 0 Å². The second kappa shape index (κ2) is 5.69. The van der Waals surface area contributed by atoms with Gasteiger partial charge in [-0.15, -0.1) is 0 Å². The van der Waals surface area contributed by atoms with E-state index in [1.165, 1.54) is 0 Å². The van der Waals surface area contributed by atoms with Crippen LogP contribution in [-0.4, -0.2) is 47.6 Å². The highest BCUT2D eigenvalue weighted by atomic mass is 16.3. The summed E-state index contributed by atoms with van der Waals surface area (Å²) in [7, 11) is 1.79. The Labute approximate surface area is 123 Å². The summed E-state index contributed by atoms with van der Waals surface area (Å²) in [6, 6.07) is 9.47. The van der Waals surface area contributed by atoms with Gasteiger partial charge in [-0.3, -0.25) is 4.79 Å². The number of hydrogen-bond donors (Lipinski definition) is 2. The number of fused-ring (bicyclic) bond motifs is 1. The first kappa shape index (κ1) is 13.8. The highest BCUT2D eigenvalue weighted by Crippen LogP contribution is 2.24. The van der Waals surface area contributed by atoms with Crippen LogP contribution in [0.25, 0.3) is 10.9 Å². The molecule has 1 saturated heterocycles. The molecular weight excluding hydrogens is 266 g/mol. The number of rotatable bonds is 3. The predicted octanol–water partition coefficient (Wildman–Crippen LogP) is 1.73. The van der Waals surface area contributed by atoms with Gasteiger partial charge in [-0.2, -0.15) is 0 Å². The van der Waals surface area contributed by atoms with Crippen molar-refractivity contribution in [3.05, 3.63) is 35.9 Å². The Balaban J connectivity index is 2.01. The first-order valence-corrected chi connectivity index (χ1v) is 7.20. The van der Waals surface area contributed by atoms with Crippen molar-refractivity contribution in [1.82, 2.24) is 9.88 Å². The van der Waals surface area contributed by atoms with E-state index in [1.54, 1.807) is 13.1 Å². The van der Waals surface area contributed by atoms with Crippen molar-refractivity contribution >= 4 is 22.6 Å². The maximum absolute atomic E-state index is 12.8. The summed E-state index contributed by atoms with van der Waals surface area (Å²) >= 11 is 0. The third-order valence-electron chi connectivity index (χ3n) is 4.03. The van der Waals surface area contributed by atoms with Crippen molar-refractivity contribution < 1.29 is 9.90 Å². The highest BCUT2D eigenvalue weighted by molar-refractivity contribution is 6.07. The van der Waals surface area contributed by atoms with Crippen LogP contribution in [0.1, 0.15) is 16.8 Å².